The number of aromatic nitrogens is 3. The molecule has 2 aliphatic rings. The van der Waals surface area contributed by atoms with Gasteiger partial charge in [-0.05, 0) is 43.0 Å². The molecule has 0 bridgehead atoms. The van der Waals surface area contributed by atoms with Crippen molar-refractivity contribution in [2.24, 2.45) is 0 Å². The highest BCUT2D eigenvalue weighted by Crippen LogP contribution is 2.34. The van der Waals surface area contributed by atoms with Gasteiger partial charge in [-0.1, -0.05) is 41.6 Å². The van der Waals surface area contributed by atoms with Crippen LogP contribution in [0.4, 0.5) is 5.69 Å². The summed E-state index contributed by atoms with van der Waals surface area (Å²) in [5, 5.41) is 24.7. The lowest BCUT2D eigenvalue weighted by Gasteiger charge is -2.20. The molecule has 0 radical (unpaired) electrons. The van der Waals surface area contributed by atoms with Crippen molar-refractivity contribution in [3.8, 4) is 6.07 Å². The Bertz CT molecular complexity index is 1210. The Morgan fingerprint density at radius 3 is 2.80 bits per heavy atom. The number of anilines is 1. The number of ether oxygens (including phenoxy) is 2. The highest BCUT2D eigenvalue weighted by molar-refractivity contribution is 7.80. The van der Waals surface area contributed by atoms with E-state index in [1.807, 2.05) is 29.1 Å². The molecule has 2 fully saturated rings. The monoisotopic (exact) mass is 489 g/mol. The lowest BCUT2D eigenvalue weighted by atomic mass is 10.1. The van der Waals surface area contributed by atoms with E-state index in [-0.39, 0.29) is 24.3 Å². The molecular weight excluding hydrogens is 462 g/mol. The van der Waals surface area contributed by atoms with Crippen LogP contribution in [0.3, 0.4) is 0 Å². The van der Waals surface area contributed by atoms with Crippen molar-refractivity contribution in [3.05, 3.63) is 77.6 Å². The van der Waals surface area contributed by atoms with E-state index in [1.54, 1.807) is 12.1 Å². The van der Waals surface area contributed by atoms with Gasteiger partial charge in [-0.2, -0.15) is 5.26 Å². The largest absolute Gasteiger partial charge is 0.371 e. The Hall–Kier alpha value is -3.36. The zero-order valence-electron chi connectivity index (χ0n) is 19.4. The van der Waals surface area contributed by atoms with Crippen molar-refractivity contribution in [2.45, 2.75) is 37.4 Å². The zero-order chi connectivity index (χ0) is 24.2. The summed E-state index contributed by atoms with van der Waals surface area (Å²) in [6, 6.07) is 19.6. The first-order valence-corrected chi connectivity index (χ1v) is 11.9. The highest BCUT2D eigenvalue weighted by Gasteiger charge is 2.49. The maximum absolute atomic E-state index is 9.08. The van der Waals surface area contributed by atoms with Gasteiger partial charge in [-0.15, -0.1) is 5.10 Å². The van der Waals surface area contributed by atoms with Crippen LogP contribution in [0.15, 0.2) is 60.8 Å². The van der Waals surface area contributed by atoms with E-state index >= 15 is 0 Å². The van der Waals surface area contributed by atoms with Crippen LogP contribution < -0.4 is 10.6 Å². The van der Waals surface area contributed by atoms with Crippen molar-refractivity contribution in [1.29, 1.82) is 5.26 Å². The molecule has 0 saturated carbocycles. The minimum atomic E-state index is -0.140. The van der Waals surface area contributed by atoms with Crippen LogP contribution in [0.1, 0.15) is 22.9 Å². The summed E-state index contributed by atoms with van der Waals surface area (Å²) in [6.45, 7) is 2.53. The molecule has 3 heterocycles. The van der Waals surface area contributed by atoms with Crippen LogP contribution in [0.5, 0.6) is 0 Å². The maximum atomic E-state index is 9.08. The molecule has 0 spiro atoms. The SMILES string of the molecule is CN(Cc1ccccc1)Cc1cn(C2COC3C(NC(=S)Nc4cccc(C#N)c4)COC32)nn1. The molecule has 180 valence electrons. The van der Waals surface area contributed by atoms with E-state index < -0.39 is 0 Å². The Balaban J connectivity index is 1.15. The minimum absolute atomic E-state index is 0.0404. The average Bonchev–Trinajstić information content (AvgIpc) is 3.58. The van der Waals surface area contributed by atoms with Crippen LogP contribution in [0, 0.1) is 11.3 Å². The van der Waals surface area contributed by atoms with Crippen LogP contribution >= 0.6 is 12.2 Å². The Morgan fingerprint density at radius 1 is 1.14 bits per heavy atom. The molecule has 4 atom stereocenters. The third-order valence-corrected chi connectivity index (χ3v) is 6.44. The number of fused-ring (bicyclic) bond motifs is 1. The van der Waals surface area contributed by atoms with Crippen LogP contribution in [-0.4, -0.2) is 63.5 Å². The van der Waals surface area contributed by atoms with Gasteiger partial charge in [-0.3, -0.25) is 4.90 Å². The lowest BCUT2D eigenvalue weighted by Crippen LogP contribution is -2.45. The van der Waals surface area contributed by atoms with Gasteiger partial charge in [0.2, 0.25) is 0 Å². The fraction of sp³-hybridized carbons (Fsp3) is 0.360. The van der Waals surface area contributed by atoms with Gasteiger partial charge < -0.3 is 20.1 Å². The Kier molecular flexibility index (Phi) is 7.01. The summed E-state index contributed by atoms with van der Waals surface area (Å²) in [5.74, 6) is 0. The third kappa shape index (κ3) is 5.49. The lowest BCUT2D eigenvalue weighted by molar-refractivity contribution is 0.0624. The van der Waals surface area contributed by atoms with Gasteiger partial charge in [0.25, 0.3) is 0 Å². The van der Waals surface area contributed by atoms with Crippen LogP contribution in [-0.2, 0) is 22.6 Å². The summed E-state index contributed by atoms with van der Waals surface area (Å²) in [6.07, 6.45) is 1.71. The van der Waals surface area contributed by atoms with Crippen molar-refractivity contribution in [1.82, 2.24) is 25.2 Å². The molecule has 0 amide bonds. The number of benzene rings is 2. The standard InChI is InChI=1S/C25H27N7O2S/c1-31(12-17-6-3-2-4-7-17)13-20-14-32(30-29-20)22-16-34-23-21(15-33-24(22)23)28-25(35)27-19-9-5-8-18(10-19)11-26/h2-10,14,21-24H,12-13,15-16H2,1H3,(H2,27,28,35). The summed E-state index contributed by atoms with van der Waals surface area (Å²) < 4.78 is 14.1. The molecule has 10 heteroatoms. The van der Waals surface area contributed by atoms with E-state index in [9.17, 15) is 0 Å². The Labute approximate surface area is 209 Å². The van der Waals surface area contributed by atoms with Crippen molar-refractivity contribution in [2.75, 3.05) is 25.6 Å². The number of nitrogens with one attached hydrogen (secondary N) is 2. The number of hydrogen-bond donors (Lipinski definition) is 2. The molecule has 35 heavy (non-hydrogen) atoms. The number of nitrogens with zero attached hydrogens (tertiary/aromatic N) is 5. The topological polar surface area (TPSA) is 100 Å². The second kappa shape index (κ2) is 10.5. The molecule has 9 nitrogen and oxygen atoms in total. The molecule has 1 aromatic heterocycles. The van der Waals surface area contributed by atoms with Crippen LogP contribution in [0.25, 0.3) is 0 Å². The molecular formula is C25H27N7O2S. The number of nitriles is 1. The van der Waals surface area contributed by atoms with E-state index in [1.165, 1.54) is 5.56 Å². The molecule has 5 rings (SSSR count). The first-order valence-electron chi connectivity index (χ1n) is 11.5. The van der Waals surface area contributed by atoms with Crippen molar-refractivity contribution >= 4 is 23.0 Å². The molecule has 0 aliphatic carbocycles. The number of hydrogen-bond acceptors (Lipinski definition) is 7. The highest BCUT2D eigenvalue weighted by atomic mass is 32.1. The van der Waals surface area contributed by atoms with Gasteiger partial charge in [0.05, 0.1) is 42.8 Å². The van der Waals surface area contributed by atoms with Gasteiger partial charge >= 0.3 is 0 Å². The minimum Gasteiger partial charge on any atom is -0.371 e. The van der Waals surface area contributed by atoms with Crippen molar-refractivity contribution < 1.29 is 9.47 Å². The van der Waals surface area contributed by atoms with Gasteiger partial charge in [0, 0.05) is 18.8 Å². The van der Waals surface area contributed by atoms with Crippen LogP contribution in [0.2, 0.25) is 0 Å². The fourth-order valence-electron chi connectivity index (χ4n) is 4.61. The molecule has 2 aliphatic heterocycles. The quantitative estimate of drug-likeness (QED) is 0.485. The smallest absolute Gasteiger partial charge is 0.171 e. The van der Waals surface area contributed by atoms with Crippen molar-refractivity contribution in [3.63, 3.8) is 0 Å². The molecule has 2 aromatic carbocycles. The van der Waals surface area contributed by atoms with E-state index in [0.29, 0.717) is 30.4 Å². The van der Waals surface area contributed by atoms with E-state index in [4.69, 9.17) is 27.0 Å². The third-order valence-electron chi connectivity index (χ3n) is 6.22. The molecule has 3 aromatic rings. The van der Waals surface area contributed by atoms with Gasteiger partial charge in [0.15, 0.2) is 5.11 Å². The second-order valence-corrected chi connectivity index (χ2v) is 9.32. The summed E-state index contributed by atoms with van der Waals surface area (Å²) in [7, 11) is 2.07. The summed E-state index contributed by atoms with van der Waals surface area (Å²) >= 11 is 5.48. The van der Waals surface area contributed by atoms with E-state index in [2.05, 4.69) is 63.2 Å². The summed E-state index contributed by atoms with van der Waals surface area (Å²) in [5.41, 5.74) is 3.50. The first kappa shape index (κ1) is 23.4. The zero-order valence-corrected chi connectivity index (χ0v) is 20.2. The first-order chi connectivity index (χ1) is 17.1. The Morgan fingerprint density at radius 2 is 1.97 bits per heavy atom. The summed E-state index contributed by atoms with van der Waals surface area (Å²) in [4.78, 5) is 2.21. The molecule has 2 saturated heterocycles. The molecule has 2 N–H and O–H groups in total. The normalized spacial score (nSPS) is 23.1. The number of rotatable bonds is 7. The predicted octanol–water partition coefficient (Wildman–Crippen LogP) is 2.48. The number of thiocarbonyl (C=S) groups is 1. The van der Waals surface area contributed by atoms with Gasteiger partial charge in [0.1, 0.15) is 18.2 Å². The van der Waals surface area contributed by atoms with E-state index in [0.717, 1.165) is 17.9 Å². The van der Waals surface area contributed by atoms with Gasteiger partial charge in [-0.25, -0.2) is 4.68 Å². The predicted molar refractivity (Wildman–Crippen MR) is 134 cm³/mol. The average molecular weight is 490 g/mol. The molecule has 4 unspecified atom stereocenters. The maximum Gasteiger partial charge on any atom is 0.171 e. The second-order valence-electron chi connectivity index (χ2n) is 8.91. The fourth-order valence-corrected chi connectivity index (χ4v) is 4.88.